The Morgan fingerprint density at radius 2 is 1.90 bits per heavy atom. The highest BCUT2D eigenvalue weighted by molar-refractivity contribution is 9.10. The van der Waals surface area contributed by atoms with Gasteiger partial charge in [-0.3, -0.25) is 0 Å². The normalized spacial score (nSPS) is 12.8. The maximum Gasteiger partial charge on any atom is 0.0967 e. The van der Waals surface area contributed by atoms with Crippen LogP contribution in [0.4, 0.5) is 0 Å². The lowest BCUT2D eigenvalue weighted by Crippen LogP contribution is -1.96. The van der Waals surface area contributed by atoms with Crippen LogP contribution in [0.5, 0.6) is 0 Å². The SMILES string of the molecule is CCC(Br)c1cn(-c2ccc(Br)c3ccccc23)nn1. The van der Waals surface area contributed by atoms with E-state index in [1.54, 1.807) is 0 Å². The zero-order valence-electron chi connectivity index (χ0n) is 10.9. The summed E-state index contributed by atoms with van der Waals surface area (Å²) >= 11 is 7.20. The van der Waals surface area contributed by atoms with Gasteiger partial charge in [0.15, 0.2) is 0 Å². The molecule has 1 aromatic heterocycles. The summed E-state index contributed by atoms with van der Waals surface area (Å²) in [6.45, 7) is 2.12. The van der Waals surface area contributed by atoms with Crippen LogP contribution in [-0.4, -0.2) is 15.0 Å². The van der Waals surface area contributed by atoms with Crippen molar-refractivity contribution < 1.29 is 0 Å². The first-order valence-corrected chi connectivity index (χ1v) is 8.15. The Morgan fingerprint density at radius 1 is 1.15 bits per heavy atom. The summed E-state index contributed by atoms with van der Waals surface area (Å²) < 4.78 is 2.93. The summed E-state index contributed by atoms with van der Waals surface area (Å²) in [5, 5.41) is 10.8. The molecule has 0 aliphatic carbocycles. The van der Waals surface area contributed by atoms with E-state index in [-0.39, 0.29) is 4.83 Å². The highest BCUT2D eigenvalue weighted by atomic mass is 79.9. The minimum atomic E-state index is 0.248. The van der Waals surface area contributed by atoms with Crippen molar-refractivity contribution >= 4 is 42.6 Å². The van der Waals surface area contributed by atoms with Gasteiger partial charge in [0.1, 0.15) is 0 Å². The van der Waals surface area contributed by atoms with Crippen molar-refractivity contribution in [3.8, 4) is 5.69 Å². The zero-order valence-corrected chi connectivity index (χ0v) is 14.1. The average Bonchev–Trinajstić information content (AvgIpc) is 2.97. The molecule has 0 aliphatic rings. The van der Waals surface area contributed by atoms with E-state index in [4.69, 9.17) is 0 Å². The highest BCUT2D eigenvalue weighted by Crippen LogP contribution is 2.30. The Bertz CT molecular complexity index is 752. The summed E-state index contributed by atoms with van der Waals surface area (Å²) in [5.41, 5.74) is 2.00. The Hall–Kier alpha value is -1.20. The molecule has 5 heteroatoms. The van der Waals surface area contributed by atoms with Gasteiger partial charge < -0.3 is 0 Å². The molecule has 0 amide bonds. The van der Waals surface area contributed by atoms with Crippen molar-refractivity contribution in [2.75, 3.05) is 0 Å². The van der Waals surface area contributed by atoms with Gasteiger partial charge in [-0.2, -0.15) is 0 Å². The molecule has 0 N–H and O–H groups in total. The van der Waals surface area contributed by atoms with E-state index in [1.807, 2.05) is 29.1 Å². The average molecular weight is 395 g/mol. The monoisotopic (exact) mass is 393 g/mol. The lowest BCUT2D eigenvalue weighted by Gasteiger charge is -2.07. The molecule has 0 fully saturated rings. The number of hydrogen-bond acceptors (Lipinski definition) is 2. The topological polar surface area (TPSA) is 30.7 Å². The van der Waals surface area contributed by atoms with Crippen LogP contribution in [0, 0.1) is 0 Å². The van der Waals surface area contributed by atoms with Gasteiger partial charge >= 0.3 is 0 Å². The van der Waals surface area contributed by atoms with Crippen molar-refractivity contribution in [3.05, 3.63) is 52.8 Å². The third kappa shape index (κ3) is 2.40. The lowest BCUT2D eigenvalue weighted by atomic mass is 10.1. The first-order chi connectivity index (χ1) is 9.70. The molecule has 1 heterocycles. The Labute approximate surface area is 134 Å². The summed E-state index contributed by atoms with van der Waals surface area (Å²) in [6.07, 6.45) is 2.97. The first kappa shape index (κ1) is 13.8. The Kier molecular flexibility index (Phi) is 3.89. The van der Waals surface area contributed by atoms with Crippen molar-refractivity contribution in [1.82, 2.24) is 15.0 Å². The van der Waals surface area contributed by atoms with Gasteiger partial charge in [-0.05, 0) is 23.9 Å². The van der Waals surface area contributed by atoms with Gasteiger partial charge in [0, 0.05) is 9.86 Å². The molecule has 1 unspecified atom stereocenters. The summed E-state index contributed by atoms with van der Waals surface area (Å²) in [4.78, 5) is 0.248. The van der Waals surface area contributed by atoms with Crippen LogP contribution in [0.1, 0.15) is 23.9 Å². The molecule has 102 valence electrons. The molecule has 3 rings (SSSR count). The Morgan fingerprint density at radius 3 is 2.65 bits per heavy atom. The molecular weight excluding hydrogens is 382 g/mol. The number of halogens is 2. The number of alkyl halides is 1. The molecule has 1 atom stereocenters. The molecular formula is C15H13Br2N3. The predicted molar refractivity (Wildman–Crippen MR) is 88.5 cm³/mol. The standard InChI is InChI=1S/C15H13Br2N3/c1-2-12(16)14-9-20(19-18-14)15-8-7-13(17)10-5-3-4-6-11(10)15/h3-9,12H,2H2,1H3. The predicted octanol–water partition coefficient (Wildman–Crippen LogP) is 5.03. The smallest absolute Gasteiger partial charge is 0.0967 e. The number of benzene rings is 2. The van der Waals surface area contributed by atoms with Gasteiger partial charge in [-0.1, -0.05) is 68.3 Å². The van der Waals surface area contributed by atoms with Crippen LogP contribution in [-0.2, 0) is 0 Å². The molecule has 0 bridgehead atoms. The molecule has 3 nitrogen and oxygen atoms in total. The number of aromatic nitrogens is 3. The van der Waals surface area contributed by atoms with Crippen molar-refractivity contribution in [2.45, 2.75) is 18.2 Å². The first-order valence-electron chi connectivity index (χ1n) is 6.44. The molecule has 3 aromatic rings. The molecule has 0 saturated heterocycles. The van der Waals surface area contributed by atoms with E-state index in [0.717, 1.165) is 27.7 Å². The largest absolute Gasteiger partial charge is 0.220 e. The van der Waals surface area contributed by atoms with Crippen LogP contribution < -0.4 is 0 Å². The van der Waals surface area contributed by atoms with Crippen LogP contribution >= 0.6 is 31.9 Å². The van der Waals surface area contributed by atoms with E-state index in [9.17, 15) is 0 Å². The second-order valence-corrected chi connectivity index (χ2v) is 6.54. The van der Waals surface area contributed by atoms with Crippen LogP contribution in [0.2, 0.25) is 0 Å². The number of fused-ring (bicyclic) bond motifs is 1. The van der Waals surface area contributed by atoms with Gasteiger partial charge in [-0.15, -0.1) is 5.10 Å². The molecule has 0 saturated carbocycles. The van der Waals surface area contributed by atoms with Gasteiger partial charge in [0.25, 0.3) is 0 Å². The molecule has 20 heavy (non-hydrogen) atoms. The molecule has 0 aliphatic heterocycles. The molecule has 0 radical (unpaired) electrons. The fourth-order valence-corrected chi connectivity index (χ4v) is 2.88. The number of nitrogens with zero attached hydrogens (tertiary/aromatic N) is 3. The second kappa shape index (κ2) is 5.66. The lowest BCUT2D eigenvalue weighted by molar-refractivity contribution is 0.794. The molecule has 2 aromatic carbocycles. The van der Waals surface area contributed by atoms with Gasteiger partial charge in [0.2, 0.25) is 0 Å². The van der Waals surface area contributed by atoms with E-state index in [2.05, 4.69) is 67.3 Å². The summed E-state index contributed by atoms with van der Waals surface area (Å²) in [7, 11) is 0. The minimum absolute atomic E-state index is 0.248. The third-order valence-corrected chi connectivity index (χ3v) is 5.09. The quantitative estimate of drug-likeness (QED) is 0.583. The number of hydrogen-bond donors (Lipinski definition) is 0. The summed E-state index contributed by atoms with van der Waals surface area (Å²) in [6, 6.07) is 12.4. The Balaban J connectivity index is 2.15. The van der Waals surface area contributed by atoms with E-state index in [0.29, 0.717) is 0 Å². The summed E-state index contributed by atoms with van der Waals surface area (Å²) in [5.74, 6) is 0. The van der Waals surface area contributed by atoms with Gasteiger partial charge in [-0.25, -0.2) is 4.68 Å². The van der Waals surface area contributed by atoms with E-state index < -0.39 is 0 Å². The van der Waals surface area contributed by atoms with Crippen molar-refractivity contribution in [3.63, 3.8) is 0 Å². The van der Waals surface area contributed by atoms with Crippen LogP contribution in [0.3, 0.4) is 0 Å². The van der Waals surface area contributed by atoms with Crippen LogP contribution in [0.15, 0.2) is 47.1 Å². The fourth-order valence-electron chi connectivity index (χ4n) is 2.19. The second-order valence-electron chi connectivity index (χ2n) is 4.58. The van der Waals surface area contributed by atoms with Crippen molar-refractivity contribution in [2.24, 2.45) is 0 Å². The number of rotatable bonds is 3. The zero-order chi connectivity index (χ0) is 14.1. The maximum absolute atomic E-state index is 4.26. The van der Waals surface area contributed by atoms with Gasteiger partial charge in [0.05, 0.1) is 22.4 Å². The van der Waals surface area contributed by atoms with E-state index >= 15 is 0 Å². The molecule has 0 spiro atoms. The van der Waals surface area contributed by atoms with Crippen molar-refractivity contribution in [1.29, 1.82) is 0 Å². The van der Waals surface area contributed by atoms with Crippen LogP contribution in [0.25, 0.3) is 16.5 Å². The minimum Gasteiger partial charge on any atom is -0.220 e. The van der Waals surface area contributed by atoms with E-state index in [1.165, 1.54) is 5.39 Å². The maximum atomic E-state index is 4.26. The highest BCUT2D eigenvalue weighted by Gasteiger charge is 2.12. The fraction of sp³-hybridized carbons (Fsp3) is 0.200. The third-order valence-electron chi connectivity index (χ3n) is 3.29.